The molecule has 0 spiro atoms. The molecular weight excluding hydrogens is 397 g/mol. The molecule has 8 heteroatoms. The van der Waals surface area contributed by atoms with Crippen LogP contribution in [0, 0.1) is 5.82 Å². The van der Waals surface area contributed by atoms with E-state index in [1.807, 2.05) is 36.9 Å². The Morgan fingerprint density at radius 1 is 1.26 bits per heavy atom. The van der Waals surface area contributed by atoms with Gasteiger partial charge in [0.05, 0.1) is 36.5 Å². The topological polar surface area (TPSA) is 85.0 Å². The number of carbonyl (C=O) groups is 1. The Bertz CT molecular complexity index is 1230. The average molecular weight is 421 g/mol. The molecule has 0 aliphatic heterocycles. The summed E-state index contributed by atoms with van der Waals surface area (Å²) in [7, 11) is 1.82. The molecule has 4 rings (SSSR count). The van der Waals surface area contributed by atoms with Gasteiger partial charge in [0.2, 0.25) is 0 Å². The third-order valence-corrected chi connectivity index (χ3v) is 5.36. The number of nitrogens with zero attached hydrogens (tertiary/aromatic N) is 4. The number of hydrogen-bond acceptors (Lipinski definition) is 4. The van der Waals surface area contributed by atoms with Crippen molar-refractivity contribution in [2.75, 3.05) is 6.61 Å². The number of aliphatic hydroxyl groups excluding tert-OH is 1. The zero-order chi connectivity index (χ0) is 22.0. The van der Waals surface area contributed by atoms with Gasteiger partial charge in [-0.3, -0.25) is 14.5 Å². The number of hydrogen-bond donors (Lipinski definition) is 2. The summed E-state index contributed by atoms with van der Waals surface area (Å²) in [6.07, 6.45) is 7.45. The fourth-order valence-electron chi connectivity index (χ4n) is 3.57. The Labute approximate surface area is 179 Å². The number of aryl methyl sites for hydroxylation is 1. The Morgan fingerprint density at radius 3 is 2.77 bits per heavy atom. The molecule has 0 fully saturated rings. The first kappa shape index (κ1) is 20.7. The van der Waals surface area contributed by atoms with Crippen LogP contribution in [0.5, 0.6) is 0 Å². The van der Waals surface area contributed by atoms with E-state index in [0.29, 0.717) is 23.1 Å². The standard InChI is InChI=1S/C23H24FN5O2/c1-3-18(14-30)27-23(31)19-13-29(21-5-4-8-25-22(19)21)12-16-7-6-15(9-20(16)24)17-10-26-28(2)11-17/h4-11,13,18,30H,3,12,14H2,1-2H3,(H,27,31). The molecule has 3 heterocycles. The van der Waals surface area contributed by atoms with Crippen molar-refractivity contribution in [3.8, 4) is 11.1 Å². The molecule has 0 saturated carbocycles. The fourth-order valence-corrected chi connectivity index (χ4v) is 3.57. The molecule has 160 valence electrons. The summed E-state index contributed by atoms with van der Waals surface area (Å²) in [6.45, 7) is 2.01. The molecule has 0 saturated heterocycles. The van der Waals surface area contributed by atoms with Gasteiger partial charge in [-0.1, -0.05) is 19.1 Å². The van der Waals surface area contributed by atoms with Crippen LogP contribution in [0.4, 0.5) is 4.39 Å². The number of aromatic nitrogens is 4. The molecule has 0 aliphatic carbocycles. The van der Waals surface area contributed by atoms with Crippen LogP contribution in [0.1, 0.15) is 29.3 Å². The predicted octanol–water partition coefficient (Wildman–Crippen LogP) is 3.12. The van der Waals surface area contributed by atoms with Crippen molar-refractivity contribution in [3.63, 3.8) is 0 Å². The van der Waals surface area contributed by atoms with Crippen LogP contribution in [0.15, 0.2) is 55.1 Å². The maximum absolute atomic E-state index is 14.9. The number of carbonyl (C=O) groups excluding carboxylic acids is 1. The quantitative estimate of drug-likeness (QED) is 0.480. The minimum Gasteiger partial charge on any atom is -0.394 e. The highest BCUT2D eigenvalue weighted by Crippen LogP contribution is 2.24. The minimum absolute atomic E-state index is 0.136. The van der Waals surface area contributed by atoms with E-state index in [1.165, 1.54) is 6.07 Å². The van der Waals surface area contributed by atoms with Crippen molar-refractivity contribution in [2.45, 2.75) is 25.9 Å². The maximum Gasteiger partial charge on any atom is 0.255 e. The van der Waals surface area contributed by atoms with Gasteiger partial charge in [0.15, 0.2) is 0 Å². The molecule has 1 unspecified atom stereocenters. The lowest BCUT2D eigenvalue weighted by molar-refractivity contribution is 0.0916. The summed E-state index contributed by atoms with van der Waals surface area (Å²) < 4.78 is 18.4. The van der Waals surface area contributed by atoms with Gasteiger partial charge in [-0.05, 0) is 30.2 Å². The smallest absolute Gasteiger partial charge is 0.255 e. The maximum atomic E-state index is 14.9. The van der Waals surface area contributed by atoms with E-state index in [4.69, 9.17) is 0 Å². The predicted molar refractivity (Wildman–Crippen MR) is 116 cm³/mol. The SMILES string of the molecule is CCC(CO)NC(=O)c1cn(Cc2ccc(-c3cnn(C)c3)cc2F)c2cccnc12. The van der Waals surface area contributed by atoms with Gasteiger partial charge < -0.3 is 15.0 Å². The van der Waals surface area contributed by atoms with Crippen molar-refractivity contribution in [1.82, 2.24) is 24.6 Å². The summed E-state index contributed by atoms with van der Waals surface area (Å²) in [5, 5.41) is 16.3. The molecular formula is C23H24FN5O2. The zero-order valence-electron chi connectivity index (χ0n) is 17.4. The monoisotopic (exact) mass is 421 g/mol. The summed E-state index contributed by atoms with van der Waals surface area (Å²) in [4.78, 5) is 17.1. The molecule has 7 nitrogen and oxygen atoms in total. The van der Waals surface area contributed by atoms with Crippen molar-refractivity contribution in [1.29, 1.82) is 0 Å². The first-order valence-corrected chi connectivity index (χ1v) is 10.1. The van der Waals surface area contributed by atoms with Crippen molar-refractivity contribution in [2.24, 2.45) is 7.05 Å². The van der Waals surface area contributed by atoms with Gasteiger partial charge >= 0.3 is 0 Å². The number of amides is 1. The van der Waals surface area contributed by atoms with Gasteiger partial charge in [0.1, 0.15) is 11.3 Å². The normalized spacial score (nSPS) is 12.3. The third kappa shape index (κ3) is 4.20. The number of aliphatic hydroxyl groups is 1. The Hall–Kier alpha value is -3.52. The zero-order valence-corrected chi connectivity index (χ0v) is 17.4. The van der Waals surface area contributed by atoms with Crippen molar-refractivity contribution >= 4 is 16.9 Å². The highest BCUT2D eigenvalue weighted by atomic mass is 19.1. The van der Waals surface area contributed by atoms with Crippen LogP contribution >= 0.6 is 0 Å². The summed E-state index contributed by atoms with van der Waals surface area (Å²) in [5.74, 6) is -0.639. The van der Waals surface area contributed by atoms with Crippen LogP contribution in [0.25, 0.3) is 22.2 Å². The number of pyridine rings is 1. The van der Waals surface area contributed by atoms with Crippen LogP contribution in [-0.2, 0) is 13.6 Å². The average Bonchev–Trinajstić information content (AvgIpc) is 3.37. The third-order valence-electron chi connectivity index (χ3n) is 5.36. The number of benzene rings is 1. The van der Waals surface area contributed by atoms with E-state index in [2.05, 4.69) is 15.4 Å². The molecule has 2 N–H and O–H groups in total. The van der Waals surface area contributed by atoms with E-state index in [-0.39, 0.29) is 30.9 Å². The van der Waals surface area contributed by atoms with E-state index in [9.17, 15) is 14.3 Å². The molecule has 0 radical (unpaired) electrons. The second-order valence-electron chi connectivity index (χ2n) is 7.51. The fraction of sp³-hybridized carbons (Fsp3) is 0.261. The second kappa shape index (κ2) is 8.69. The molecule has 0 bridgehead atoms. The highest BCUT2D eigenvalue weighted by Gasteiger charge is 2.19. The lowest BCUT2D eigenvalue weighted by Crippen LogP contribution is -2.36. The lowest BCUT2D eigenvalue weighted by atomic mass is 10.1. The summed E-state index contributed by atoms with van der Waals surface area (Å²) >= 11 is 0. The molecule has 1 atom stereocenters. The van der Waals surface area contributed by atoms with Crippen LogP contribution in [-0.4, -0.2) is 43.0 Å². The molecule has 1 amide bonds. The second-order valence-corrected chi connectivity index (χ2v) is 7.51. The van der Waals surface area contributed by atoms with Crippen LogP contribution < -0.4 is 5.32 Å². The highest BCUT2D eigenvalue weighted by molar-refractivity contribution is 6.05. The van der Waals surface area contributed by atoms with E-state index in [0.717, 1.165) is 16.6 Å². The van der Waals surface area contributed by atoms with Gasteiger partial charge in [-0.25, -0.2) is 4.39 Å². The first-order chi connectivity index (χ1) is 15.0. The Balaban J connectivity index is 1.65. The Kier molecular flexibility index (Phi) is 5.81. The van der Waals surface area contributed by atoms with Crippen LogP contribution in [0.3, 0.4) is 0 Å². The molecule has 31 heavy (non-hydrogen) atoms. The number of fused-ring (bicyclic) bond motifs is 1. The van der Waals surface area contributed by atoms with Gasteiger partial charge in [-0.15, -0.1) is 0 Å². The van der Waals surface area contributed by atoms with E-state index >= 15 is 0 Å². The van der Waals surface area contributed by atoms with Gasteiger partial charge in [0, 0.05) is 36.8 Å². The summed E-state index contributed by atoms with van der Waals surface area (Å²) in [5.41, 5.74) is 3.78. The number of nitrogens with one attached hydrogen (secondary N) is 1. The molecule has 4 aromatic rings. The number of halogens is 1. The van der Waals surface area contributed by atoms with Crippen LogP contribution in [0.2, 0.25) is 0 Å². The largest absolute Gasteiger partial charge is 0.394 e. The van der Waals surface area contributed by atoms with Gasteiger partial charge in [0.25, 0.3) is 5.91 Å². The van der Waals surface area contributed by atoms with Gasteiger partial charge in [-0.2, -0.15) is 5.10 Å². The van der Waals surface area contributed by atoms with E-state index in [1.54, 1.807) is 35.4 Å². The molecule has 3 aromatic heterocycles. The van der Waals surface area contributed by atoms with Crippen molar-refractivity contribution in [3.05, 3.63) is 72.1 Å². The molecule has 1 aromatic carbocycles. The number of rotatable bonds is 7. The van der Waals surface area contributed by atoms with E-state index < -0.39 is 0 Å². The first-order valence-electron chi connectivity index (χ1n) is 10.1. The minimum atomic E-state index is -0.329. The Morgan fingerprint density at radius 2 is 2.10 bits per heavy atom. The molecule has 0 aliphatic rings. The summed E-state index contributed by atoms with van der Waals surface area (Å²) in [6, 6.07) is 8.41. The van der Waals surface area contributed by atoms with Crippen molar-refractivity contribution < 1.29 is 14.3 Å². The lowest BCUT2D eigenvalue weighted by Gasteiger charge is -2.13.